The molecule has 0 aromatic heterocycles. The third kappa shape index (κ3) is 2.95. The molecule has 1 fully saturated rings. The van der Waals surface area contributed by atoms with Crippen molar-refractivity contribution in [2.45, 2.75) is 13.8 Å². The molecule has 54 valence electrons. The summed E-state index contributed by atoms with van der Waals surface area (Å²) in [5.41, 5.74) is 0. The van der Waals surface area contributed by atoms with Crippen molar-refractivity contribution in [2.75, 3.05) is 20.2 Å². The molecule has 0 bridgehead atoms. The zero-order valence-corrected chi connectivity index (χ0v) is 6.27. The van der Waals surface area contributed by atoms with Crippen molar-refractivity contribution >= 4 is 6.02 Å². The first-order valence-electron chi connectivity index (χ1n) is 3.27. The van der Waals surface area contributed by atoms with Crippen LogP contribution in [0.4, 0.5) is 0 Å². The van der Waals surface area contributed by atoms with Crippen molar-refractivity contribution in [3.05, 3.63) is 0 Å². The van der Waals surface area contributed by atoms with Crippen LogP contribution in [0.25, 0.3) is 0 Å². The van der Waals surface area contributed by atoms with Crippen LogP contribution in [0.3, 0.4) is 0 Å². The number of ether oxygens (including phenoxy) is 1. The SMILES string of the molecule is CC.CN=C1NCCO1. The van der Waals surface area contributed by atoms with Crippen molar-refractivity contribution in [1.29, 1.82) is 0 Å². The van der Waals surface area contributed by atoms with Gasteiger partial charge in [0.25, 0.3) is 6.02 Å². The van der Waals surface area contributed by atoms with Crippen LogP contribution in [0, 0.1) is 0 Å². The fourth-order valence-electron chi connectivity index (χ4n) is 0.500. The molecular formula is C6H14N2O. The van der Waals surface area contributed by atoms with Gasteiger partial charge in [-0.25, -0.2) is 4.99 Å². The number of aliphatic imine (C=N–C) groups is 1. The first-order chi connectivity index (χ1) is 4.43. The summed E-state index contributed by atoms with van der Waals surface area (Å²) in [6, 6.07) is 0.667. The van der Waals surface area contributed by atoms with Gasteiger partial charge in [0.1, 0.15) is 6.61 Å². The van der Waals surface area contributed by atoms with Gasteiger partial charge in [-0.2, -0.15) is 0 Å². The lowest BCUT2D eigenvalue weighted by atomic mass is 10.7. The van der Waals surface area contributed by atoms with Crippen LogP contribution in [0.1, 0.15) is 13.8 Å². The Morgan fingerprint density at radius 1 is 1.56 bits per heavy atom. The summed E-state index contributed by atoms with van der Waals surface area (Å²) in [6.07, 6.45) is 0. The Morgan fingerprint density at radius 3 is 2.44 bits per heavy atom. The maximum Gasteiger partial charge on any atom is 0.284 e. The van der Waals surface area contributed by atoms with Crippen LogP contribution in [0.15, 0.2) is 4.99 Å². The van der Waals surface area contributed by atoms with Gasteiger partial charge < -0.3 is 10.1 Å². The molecule has 0 spiro atoms. The normalized spacial score (nSPS) is 19.7. The molecule has 0 amide bonds. The minimum Gasteiger partial charge on any atom is -0.463 e. The zero-order valence-electron chi connectivity index (χ0n) is 6.27. The van der Waals surface area contributed by atoms with E-state index in [1.165, 1.54) is 0 Å². The molecule has 1 aliphatic rings. The summed E-state index contributed by atoms with van der Waals surface area (Å²) in [4.78, 5) is 3.77. The van der Waals surface area contributed by atoms with Crippen molar-refractivity contribution in [2.24, 2.45) is 4.99 Å². The van der Waals surface area contributed by atoms with Crippen molar-refractivity contribution < 1.29 is 4.74 Å². The van der Waals surface area contributed by atoms with Crippen molar-refractivity contribution in [3.63, 3.8) is 0 Å². The van der Waals surface area contributed by atoms with E-state index >= 15 is 0 Å². The van der Waals surface area contributed by atoms with Gasteiger partial charge in [-0.1, -0.05) is 13.8 Å². The van der Waals surface area contributed by atoms with Crippen LogP contribution in [-0.4, -0.2) is 26.2 Å². The van der Waals surface area contributed by atoms with Gasteiger partial charge in [-0.3, -0.25) is 0 Å². The van der Waals surface area contributed by atoms with Gasteiger partial charge in [-0.15, -0.1) is 0 Å². The van der Waals surface area contributed by atoms with Crippen LogP contribution in [-0.2, 0) is 4.74 Å². The molecular weight excluding hydrogens is 116 g/mol. The summed E-state index contributed by atoms with van der Waals surface area (Å²) in [6.45, 7) is 5.65. The number of nitrogens with one attached hydrogen (secondary N) is 1. The first kappa shape index (κ1) is 8.27. The second-order valence-electron chi connectivity index (χ2n) is 1.30. The average molecular weight is 130 g/mol. The fourth-order valence-corrected chi connectivity index (χ4v) is 0.500. The highest BCUT2D eigenvalue weighted by Crippen LogP contribution is 1.83. The highest BCUT2D eigenvalue weighted by Gasteiger charge is 2.03. The monoisotopic (exact) mass is 130 g/mol. The number of amidine groups is 1. The van der Waals surface area contributed by atoms with E-state index in [1.54, 1.807) is 7.05 Å². The predicted octanol–water partition coefficient (Wildman–Crippen LogP) is 0.618. The standard InChI is InChI=1S/C4H8N2O.C2H6/c1-5-4-6-2-3-7-4;1-2/h2-3H2,1H3,(H,5,6);1-2H3. The van der Waals surface area contributed by atoms with Crippen LogP contribution >= 0.6 is 0 Å². The van der Waals surface area contributed by atoms with Gasteiger partial charge in [0.2, 0.25) is 0 Å². The lowest BCUT2D eigenvalue weighted by Crippen LogP contribution is -2.14. The van der Waals surface area contributed by atoms with Gasteiger partial charge in [0.05, 0.1) is 6.54 Å². The Labute approximate surface area is 56.1 Å². The Balaban J connectivity index is 0.000000291. The third-order valence-corrected chi connectivity index (χ3v) is 0.820. The molecule has 9 heavy (non-hydrogen) atoms. The molecule has 0 atom stereocenters. The molecule has 1 aliphatic heterocycles. The van der Waals surface area contributed by atoms with Crippen molar-refractivity contribution in [3.8, 4) is 0 Å². The molecule has 0 aromatic carbocycles. The second-order valence-corrected chi connectivity index (χ2v) is 1.30. The third-order valence-electron chi connectivity index (χ3n) is 0.820. The van der Waals surface area contributed by atoms with E-state index in [1.807, 2.05) is 13.8 Å². The van der Waals surface area contributed by atoms with Gasteiger partial charge in [-0.05, 0) is 0 Å². The number of rotatable bonds is 0. The molecule has 1 heterocycles. The Kier molecular flexibility index (Phi) is 4.97. The van der Waals surface area contributed by atoms with Crippen LogP contribution in [0.5, 0.6) is 0 Å². The summed E-state index contributed by atoms with van der Waals surface area (Å²) in [7, 11) is 1.70. The lowest BCUT2D eigenvalue weighted by molar-refractivity contribution is 0.352. The minimum absolute atomic E-state index is 0.667. The first-order valence-corrected chi connectivity index (χ1v) is 3.27. The summed E-state index contributed by atoms with van der Waals surface area (Å²) >= 11 is 0. The molecule has 0 aliphatic carbocycles. The minimum atomic E-state index is 0.667. The molecule has 1 rings (SSSR count). The lowest BCUT2D eigenvalue weighted by Gasteiger charge is -1.89. The van der Waals surface area contributed by atoms with Crippen LogP contribution in [0.2, 0.25) is 0 Å². The highest BCUT2D eigenvalue weighted by atomic mass is 16.5. The molecule has 1 saturated heterocycles. The maximum absolute atomic E-state index is 4.94. The van der Waals surface area contributed by atoms with E-state index in [-0.39, 0.29) is 0 Å². The summed E-state index contributed by atoms with van der Waals surface area (Å²) in [5, 5.41) is 2.93. The Morgan fingerprint density at radius 2 is 2.22 bits per heavy atom. The number of nitrogens with zero attached hydrogens (tertiary/aromatic N) is 1. The second kappa shape index (κ2) is 5.41. The van der Waals surface area contributed by atoms with E-state index in [0.717, 1.165) is 13.2 Å². The van der Waals surface area contributed by atoms with Gasteiger partial charge >= 0.3 is 0 Å². The van der Waals surface area contributed by atoms with Crippen molar-refractivity contribution in [1.82, 2.24) is 5.32 Å². The number of hydrogen-bond acceptors (Lipinski definition) is 2. The predicted molar refractivity (Wildman–Crippen MR) is 38.7 cm³/mol. The number of hydrogen-bond donors (Lipinski definition) is 1. The van der Waals surface area contributed by atoms with Gasteiger partial charge in [0, 0.05) is 7.05 Å². The summed E-state index contributed by atoms with van der Waals surface area (Å²) in [5.74, 6) is 0. The quantitative estimate of drug-likeness (QED) is 0.521. The van der Waals surface area contributed by atoms with E-state index in [9.17, 15) is 0 Å². The molecule has 0 radical (unpaired) electrons. The van der Waals surface area contributed by atoms with E-state index in [2.05, 4.69) is 10.3 Å². The van der Waals surface area contributed by atoms with Crippen LogP contribution < -0.4 is 5.32 Å². The molecule has 0 unspecified atom stereocenters. The maximum atomic E-state index is 4.94. The highest BCUT2D eigenvalue weighted by molar-refractivity contribution is 5.74. The molecule has 0 saturated carbocycles. The topological polar surface area (TPSA) is 33.6 Å². The fraction of sp³-hybridized carbons (Fsp3) is 0.833. The average Bonchev–Trinajstić information content (AvgIpc) is 2.43. The Bertz CT molecular complexity index is 83.1. The Hall–Kier alpha value is -0.730. The van der Waals surface area contributed by atoms with E-state index in [4.69, 9.17) is 4.74 Å². The van der Waals surface area contributed by atoms with E-state index < -0.39 is 0 Å². The smallest absolute Gasteiger partial charge is 0.284 e. The summed E-state index contributed by atoms with van der Waals surface area (Å²) < 4.78 is 4.94. The van der Waals surface area contributed by atoms with E-state index in [0.29, 0.717) is 6.02 Å². The zero-order chi connectivity index (χ0) is 7.11. The van der Waals surface area contributed by atoms with Gasteiger partial charge in [0.15, 0.2) is 0 Å². The molecule has 0 aromatic rings. The molecule has 3 nitrogen and oxygen atoms in total. The largest absolute Gasteiger partial charge is 0.463 e. The molecule has 3 heteroatoms. The molecule has 1 N–H and O–H groups in total.